The zero-order valence-electron chi connectivity index (χ0n) is 12.2. The summed E-state index contributed by atoms with van der Waals surface area (Å²) in [5.74, 6) is 0. The first-order valence-electron chi connectivity index (χ1n) is 7.44. The van der Waals surface area contributed by atoms with Gasteiger partial charge in [0.1, 0.15) is 0 Å². The number of hydrogen-bond donors (Lipinski definition) is 0. The van der Waals surface area contributed by atoms with Gasteiger partial charge in [-0.05, 0) is 19.3 Å². The van der Waals surface area contributed by atoms with E-state index in [2.05, 4.69) is 21.0 Å². The minimum Gasteiger partial charge on any atom is -0.328 e. The summed E-state index contributed by atoms with van der Waals surface area (Å²) in [5, 5.41) is 0. The van der Waals surface area contributed by atoms with Crippen LogP contribution in [0.25, 0.3) is 0 Å². The fourth-order valence-electron chi connectivity index (χ4n) is 2.19. The Labute approximate surface area is 107 Å². The van der Waals surface area contributed by atoms with Crippen molar-refractivity contribution in [3.05, 3.63) is 0 Å². The average molecular weight is 245 g/mol. The maximum absolute atomic E-state index is 2.40. The third kappa shape index (κ3) is 10.7. The van der Waals surface area contributed by atoms with E-state index in [-0.39, 0.29) is 0 Å². The lowest BCUT2D eigenvalue weighted by atomic mass is 10.1. The Morgan fingerprint density at radius 2 is 1.25 bits per heavy atom. The summed E-state index contributed by atoms with van der Waals surface area (Å²) in [7, 11) is 6.17. The summed E-state index contributed by atoms with van der Waals surface area (Å²) >= 11 is 0. The molecule has 0 fully saturated rings. The Morgan fingerprint density at radius 3 is 1.81 bits per heavy atom. The molecule has 0 aliphatic rings. The van der Waals surface area contributed by atoms with E-state index in [1.54, 1.807) is 0 Å². The Balaban J connectivity index is 3.29. The van der Waals surface area contributed by atoms with E-state index in [4.69, 9.17) is 0 Å². The number of hydrogen-bond acceptors (Lipinski definition) is 0. The van der Waals surface area contributed by atoms with Crippen LogP contribution >= 0.6 is 0 Å². The van der Waals surface area contributed by atoms with E-state index in [0.717, 1.165) is 0 Å². The Morgan fingerprint density at radius 1 is 0.750 bits per heavy atom. The van der Waals surface area contributed by atoms with Crippen molar-refractivity contribution in [1.29, 1.82) is 0 Å². The highest BCUT2D eigenvalue weighted by atomic mass is 28.1. The second-order valence-corrected chi connectivity index (χ2v) is 6.86. The highest BCUT2D eigenvalue weighted by molar-refractivity contribution is 6.08. The van der Waals surface area contributed by atoms with Gasteiger partial charge < -0.3 is 4.48 Å². The van der Waals surface area contributed by atoms with E-state index >= 15 is 0 Å². The van der Waals surface area contributed by atoms with Crippen molar-refractivity contribution in [2.45, 2.75) is 64.3 Å². The molecule has 0 aliphatic carbocycles. The van der Waals surface area contributed by atoms with Crippen LogP contribution in [0.5, 0.6) is 0 Å². The zero-order valence-corrected chi connectivity index (χ0v) is 14.2. The maximum atomic E-state index is 2.40. The largest absolute Gasteiger partial charge is 0.328 e. The summed E-state index contributed by atoms with van der Waals surface area (Å²) in [6.45, 7) is 5.06. The van der Waals surface area contributed by atoms with Gasteiger partial charge in [-0.3, -0.25) is 0 Å². The zero-order chi connectivity index (χ0) is 12.3. The lowest BCUT2D eigenvalue weighted by molar-refractivity contribution is -0.890. The minimum absolute atomic E-state index is 1.25. The quantitative estimate of drug-likeness (QED) is 0.298. The van der Waals surface area contributed by atoms with Gasteiger partial charge in [0.15, 0.2) is 0 Å². The van der Waals surface area contributed by atoms with Crippen molar-refractivity contribution in [2.24, 2.45) is 0 Å². The van der Waals surface area contributed by atoms with Gasteiger partial charge >= 0.3 is 0 Å². The SMILES string of the molecule is CCCCCCCCC[N+](C)(C)CCC[SiH3]. The molecule has 0 aromatic rings. The predicted octanol–water partition coefficient (Wildman–Crippen LogP) is 2.99. The molecule has 0 aromatic heterocycles. The molecule has 0 spiro atoms. The topological polar surface area (TPSA) is 0 Å². The number of quaternary nitrogens is 1. The highest BCUT2D eigenvalue weighted by Crippen LogP contribution is 2.09. The first-order valence-corrected chi connectivity index (χ1v) is 8.86. The molecule has 0 aromatic carbocycles. The molecule has 0 N–H and O–H groups in total. The average Bonchev–Trinajstić information content (AvgIpc) is 2.25. The summed E-state index contributed by atoms with van der Waals surface area (Å²) in [6.07, 6.45) is 11.5. The standard InChI is InChI=1S/C14H34NSi/c1-4-5-6-7-8-9-10-12-15(2,3)13-11-14-16/h4-14H2,1-3,16H3/q+1. The normalized spacial score (nSPS) is 12.2. The van der Waals surface area contributed by atoms with Crippen molar-refractivity contribution in [2.75, 3.05) is 27.2 Å². The van der Waals surface area contributed by atoms with E-state index in [1.807, 2.05) is 0 Å². The molecular formula is C14H34NSi+. The second kappa shape index (κ2) is 10.3. The van der Waals surface area contributed by atoms with Crippen LogP contribution in [0.1, 0.15) is 58.3 Å². The molecule has 1 nitrogen and oxygen atoms in total. The van der Waals surface area contributed by atoms with Gasteiger partial charge in [0.25, 0.3) is 0 Å². The molecule has 98 valence electrons. The van der Waals surface area contributed by atoms with Crippen LogP contribution in [-0.2, 0) is 0 Å². The second-order valence-electron chi connectivity index (χ2n) is 5.86. The van der Waals surface area contributed by atoms with E-state index in [1.165, 1.54) is 85.2 Å². The van der Waals surface area contributed by atoms with Gasteiger partial charge in [-0.25, -0.2) is 0 Å². The van der Waals surface area contributed by atoms with Gasteiger partial charge in [0.05, 0.1) is 27.2 Å². The smallest absolute Gasteiger partial charge is 0.0782 e. The summed E-state index contributed by atoms with van der Waals surface area (Å²) in [6, 6.07) is 1.47. The molecule has 0 saturated heterocycles. The van der Waals surface area contributed by atoms with Crippen LogP contribution in [0.3, 0.4) is 0 Å². The minimum atomic E-state index is 1.25. The summed E-state index contributed by atoms with van der Waals surface area (Å²) in [5.41, 5.74) is 0. The molecule has 0 bridgehead atoms. The summed E-state index contributed by atoms with van der Waals surface area (Å²) < 4.78 is 1.25. The van der Waals surface area contributed by atoms with Gasteiger partial charge in [-0.2, -0.15) is 0 Å². The lowest BCUT2D eigenvalue weighted by Crippen LogP contribution is -2.41. The Bertz CT molecular complexity index is 146. The monoisotopic (exact) mass is 244 g/mol. The van der Waals surface area contributed by atoms with E-state index < -0.39 is 0 Å². The van der Waals surface area contributed by atoms with E-state index in [0.29, 0.717) is 0 Å². The van der Waals surface area contributed by atoms with Crippen LogP contribution in [0, 0.1) is 0 Å². The third-order valence-electron chi connectivity index (χ3n) is 3.48. The molecule has 0 atom stereocenters. The van der Waals surface area contributed by atoms with Crippen LogP contribution < -0.4 is 0 Å². The molecule has 16 heavy (non-hydrogen) atoms. The Hall–Kier alpha value is 0.177. The van der Waals surface area contributed by atoms with Gasteiger partial charge in [0.2, 0.25) is 0 Å². The van der Waals surface area contributed by atoms with Crippen LogP contribution in [0.2, 0.25) is 6.04 Å². The van der Waals surface area contributed by atoms with Crippen molar-refractivity contribution in [1.82, 2.24) is 0 Å². The van der Waals surface area contributed by atoms with E-state index in [9.17, 15) is 0 Å². The maximum Gasteiger partial charge on any atom is 0.0782 e. The summed E-state index contributed by atoms with van der Waals surface area (Å²) in [4.78, 5) is 0. The molecule has 0 aliphatic heterocycles. The fourth-order valence-corrected chi connectivity index (χ4v) is 2.51. The van der Waals surface area contributed by atoms with Crippen LogP contribution in [-0.4, -0.2) is 41.9 Å². The van der Waals surface area contributed by atoms with Gasteiger partial charge in [-0.15, -0.1) is 0 Å². The third-order valence-corrected chi connectivity index (χ3v) is 4.19. The van der Waals surface area contributed by atoms with Gasteiger partial charge in [0, 0.05) is 10.2 Å². The van der Waals surface area contributed by atoms with Crippen molar-refractivity contribution in [3.8, 4) is 0 Å². The number of unbranched alkanes of at least 4 members (excludes halogenated alkanes) is 6. The molecule has 0 saturated carbocycles. The van der Waals surface area contributed by atoms with Crippen LogP contribution in [0.15, 0.2) is 0 Å². The fraction of sp³-hybridized carbons (Fsp3) is 1.00. The molecule has 0 rings (SSSR count). The first kappa shape index (κ1) is 16.2. The van der Waals surface area contributed by atoms with Crippen molar-refractivity contribution in [3.63, 3.8) is 0 Å². The number of rotatable bonds is 11. The molecule has 0 radical (unpaired) electrons. The Kier molecular flexibility index (Phi) is 10.5. The number of nitrogens with zero attached hydrogens (tertiary/aromatic N) is 1. The molecule has 0 amide bonds. The first-order chi connectivity index (χ1) is 7.62. The van der Waals surface area contributed by atoms with Crippen molar-refractivity contribution >= 4 is 10.2 Å². The van der Waals surface area contributed by atoms with Crippen LogP contribution in [0.4, 0.5) is 0 Å². The molecular weight excluding hydrogens is 210 g/mol. The molecule has 0 unspecified atom stereocenters. The van der Waals surface area contributed by atoms with Gasteiger partial charge in [-0.1, -0.05) is 45.1 Å². The lowest BCUT2D eigenvalue weighted by Gasteiger charge is -2.29. The predicted molar refractivity (Wildman–Crippen MR) is 79.2 cm³/mol. The molecule has 2 heteroatoms. The molecule has 0 heterocycles. The van der Waals surface area contributed by atoms with Crippen molar-refractivity contribution < 1.29 is 4.48 Å². The highest BCUT2D eigenvalue weighted by Gasteiger charge is 2.12.